The van der Waals surface area contributed by atoms with E-state index in [0.717, 1.165) is 6.04 Å². The van der Waals surface area contributed by atoms with Crippen LogP contribution in [0.4, 0.5) is 0 Å². The van der Waals surface area contributed by atoms with Crippen molar-refractivity contribution in [2.24, 2.45) is 0 Å². The Labute approximate surface area is 122 Å². The molecular weight excluding hydrogens is 230 g/mol. The Balaban J connectivity index is 2.06. The van der Waals surface area contributed by atoms with E-state index in [1.165, 1.54) is 96.6 Å². The highest BCUT2D eigenvalue weighted by molar-refractivity contribution is 4.76. The molecule has 19 heavy (non-hydrogen) atoms. The van der Waals surface area contributed by atoms with Crippen molar-refractivity contribution in [3.05, 3.63) is 0 Å². The van der Waals surface area contributed by atoms with Gasteiger partial charge in [-0.3, -0.25) is 0 Å². The fourth-order valence-corrected chi connectivity index (χ4v) is 3.39. The minimum atomic E-state index is 0.915. The zero-order chi connectivity index (χ0) is 13.8. The molecule has 1 saturated heterocycles. The van der Waals surface area contributed by atoms with Crippen molar-refractivity contribution >= 4 is 0 Å². The van der Waals surface area contributed by atoms with Gasteiger partial charge in [-0.05, 0) is 38.8 Å². The molecule has 0 spiro atoms. The molecule has 1 rings (SSSR count). The van der Waals surface area contributed by atoms with Crippen molar-refractivity contribution in [3.8, 4) is 0 Å². The first-order valence-electron chi connectivity index (χ1n) is 9.12. The molecule has 114 valence electrons. The summed E-state index contributed by atoms with van der Waals surface area (Å²) in [4.78, 5) is 2.78. The molecule has 1 fully saturated rings. The second-order valence-electron chi connectivity index (χ2n) is 6.45. The van der Waals surface area contributed by atoms with Gasteiger partial charge >= 0.3 is 0 Å². The summed E-state index contributed by atoms with van der Waals surface area (Å²) in [5, 5.41) is 0. The lowest BCUT2D eigenvalue weighted by molar-refractivity contribution is 0.210. The first-order valence-corrected chi connectivity index (χ1v) is 9.12. The van der Waals surface area contributed by atoms with Crippen LogP contribution in [0.3, 0.4) is 0 Å². The number of unbranched alkanes of at least 4 members (excludes halogenated alkanes) is 7. The van der Waals surface area contributed by atoms with E-state index in [1.54, 1.807) is 0 Å². The topological polar surface area (TPSA) is 3.24 Å². The van der Waals surface area contributed by atoms with Crippen molar-refractivity contribution in [1.29, 1.82) is 0 Å². The highest BCUT2D eigenvalue weighted by Crippen LogP contribution is 2.21. The average molecular weight is 268 g/mol. The van der Waals surface area contributed by atoms with Gasteiger partial charge in [0.25, 0.3) is 0 Å². The molecule has 1 atom stereocenters. The van der Waals surface area contributed by atoms with E-state index >= 15 is 0 Å². The van der Waals surface area contributed by atoms with Crippen molar-refractivity contribution < 1.29 is 0 Å². The SMILES string of the molecule is CCCCCCCCCC(CCCC)N1CCCC1. The van der Waals surface area contributed by atoms with E-state index in [0.29, 0.717) is 0 Å². The fourth-order valence-electron chi connectivity index (χ4n) is 3.39. The summed E-state index contributed by atoms with van der Waals surface area (Å²) in [5.41, 5.74) is 0. The Morgan fingerprint density at radius 2 is 1.21 bits per heavy atom. The predicted molar refractivity (Wildman–Crippen MR) is 86.7 cm³/mol. The lowest BCUT2D eigenvalue weighted by atomic mass is 10.0. The molecule has 0 N–H and O–H groups in total. The smallest absolute Gasteiger partial charge is 0.00952 e. The summed E-state index contributed by atoms with van der Waals surface area (Å²) in [7, 11) is 0. The summed E-state index contributed by atoms with van der Waals surface area (Å²) in [6, 6.07) is 0.915. The van der Waals surface area contributed by atoms with Crippen molar-refractivity contribution in [2.45, 2.75) is 103 Å². The van der Waals surface area contributed by atoms with Crippen molar-refractivity contribution in [1.82, 2.24) is 4.90 Å². The third kappa shape index (κ3) is 7.97. The van der Waals surface area contributed by atoms with Gasteiger partial charge in [-0.2, -0.15) is 0 Å². The molecule has 0 bridgehead atoms. The van der Waals surface area contributed by atoms with Crippen LogP contribution in [0, 0.1) is 0 Å². The van der Waals surface area contributed by atoms with Gasteiger partial charge < -0.3 is 4.90 Å². The number of rotatable bonds is 12. The van der Waals surface area contributed by atoms with Crippen molar-refractivity contribution in [3.63, 3.8) is 0 Å². The summed E-state index contributed by atoms with van der Waals surface area (Å²) in [5.74, 6) is 0. The number of hydrogen-bond acceptors (Lipinski definition) is 1. The maximum absolute atomic E-state index is 2.78. The first kappa shape index (κ1) is 17.0. The standard InChI is InChI=1S/C18H37N/c1-3-5-7-8-9-10-11-15-18(14-6-4-2)19-16-12-13-17-19/h18H,3-17H2,1-2H3. The lowest BCUT2D eigenvalue weighted by Gasteiger charge is -2.27. The molecule has 0 radical (unpaired) electrons. The van der Waals surface area contributed by atoms with E-state index in [9.17, 15) is 0 Å². The molecule has 1 nitrogen and oxygen atoms in total. The van der Waals surface area contributed by atoms with Gasteiger partial charge in [-0.15, -0.1) is 0 Å². The Morgan fingerprint density at radius 3 is 1.84 bits per heavy atom. The van der Waals surface area contributed by atoms with E-state index in [2.05, 4.69) is 18.7 Å². The first-order chi connectivity index (χ1) is 9.38. The van der Waals surface area contributed by atoms with Crippen LogP contribution in [0.15, 0.2) is 0 Å². The molecule has 0 saturated carbocycles. The van der Waals surface area contributed by atoms with Crippen LogP contribution in [0.1, 0.15) is 97.3 Å². The van der Waals surface area contributed by atoms with E-state index in [4.69, 9.17) is 0 Å². The van der Waals surface area contributed by atoms with E-state index in [1.807, 2.05) is 0 Å². The van der Waals surface area contributed by atoms with Gasteiger partial charge in [0.05, 0.1) is 0 Å². The third-order valence-corrected chi connectivity index (χ3v) is 4.69. The minimum absolute atomic E-state index is 0.915. The Morgan fingerprint density at radius 1 is 0.684 bits per heavy atom. The molecule has 0 aromatic heterocycles. The third-order valence-electron chi connectivity index (χ3n) is 4.69. The van der Waals surface area contributed by atoms with Crippen molar-refractivity contribution in [2.75, 3.05) is 13.1 Å². The summed E-state index contributed by atoms with van der Waals surface area (Å²) in [6.45, 7) is 7.39. The zero-order valence-electron chi connectivity index (χ0n) is 13.6. The van der Waals surface area contributed by atoms with Gasteiger partial charge in [0.2, 0.25) is 0 Å². The molecule has 0 amide bonds. The van der Waals surface area contributed by atoms with E-state index < -0.39 is 0 Å². The molecule has 1 heteroatoms. The Kier molecular flexibility index (Phi) is 10.5. The summed E-state index contributed by atoms with van der Waals surface area (Å²) >= 11 is 0. The quantitative estimate of drug-likeness (QED) is 0.405. The number of nitrogens with zero attached hydrogens (tertiary/aromatic N) is 1. The molecule has 1 unspecified atom stereocenters. The van der Waals surface area contributed by atoms with Crippen LogP contribution in [-0.2, 0) is 0 Å². The molecule has 0 aromatic carbocycles. The van der Waals surface area contributed by atoms with E-state index in [-0.39, 0.29) is 0 Å². The molecule has 1 aliphatic heterocycles. The summed E-state index contributed by atoms with van der Waals surface area (Å²) in [6.07, 6.45) is 18.7. The molecule has 1 heterocycles. The molecule has 0 aliphatic carbocycles. The lowest BCUT2D eigenvalue weighted by Crippen LogP contribution is -2.32. The normalized spacial score (nSPS) is 18.0. The van der Waals surface area contributed by atoms with Gasteiger partial charge in [0.15, 0.2) is 0 Å². The highest BCUT2D eigenvalue weighted by atomic mass is 15.2. The van der Waals surface area contributed by atoms with Gasteiger partial charge in [-0.25, -0.2) is 0 Å². The second kappa shape index (κ2) is 11.8. The van der Waals surface area contributed by atoms with Gasteiger partial charge in [-0.1, -0.05) is 71.6 Å². The molecule has 1 aliphatic rings. The Bertz CT molecular complexity index is 184. The molecular formula is C18H37N. The maximum Gasteiger partial charge on any atom is 0.00952 e. The molecule has 0 aromatic rings. The minimum Gasteiger partial charge on any atom is -0.300 e. The Hall–Kier alpha value is -0.0400. The van der Waals surface area contributed by atoms with Crippen LogP contribution in [0.5, 0.6) is 0 Å². The van der Waals surface area contributed by atoms with Crippen LogP contribution in [0.2, 0.25) is 0 Å². The van der Waals surface area contributed by atoms with Crippen LogP contribution < -0.4 is 0 Å². The maximum atomic E-state index is 2.78. The largest absolute Gasteiger partial charge is 0.300 e. The highest BCUT2D eigenvalue weighted by Gasteiger charge is 2.20. The van der Waals surface area contributed by atoms with Gasteiger partial charge in [0.1, 0.15) is 0 Å². The van der Waals surface area contributed by atoms with Crippen LogP contribution >= 0.6 is 0 Å². The summed E-state index contributed by atoms with van der Waals surface area (Å²) < 4.78 is 0. The predicted octanol–water partition coefficient (Wildman–Crippen LogP) is 5.78. The number of hydrogen-bond donors (Lipinski definition) is 0. The monoisotopic (exact) mass is 267 g/mol. The van der Waals surface area contributed by atoms with Crippen LogP contribution in [-0.4, -0.2) is 24.0 Å². The zero-order valence-corrected chi connectivity index (χ0v) is 13.6. The fraction of sp³-hybridized carbons (Fsp3) is 1.00. The second-order valence-corrected chi connectivity index (χ2v) is 6.45. The van der Waals surface area contributed by atoms with Crippen LogP contribution in [0.25, 0.3) is 0 Å². The van der Waals surface area contributed by atoms with Gasteiger partial charge in [0, 0.05) is 6.04 Å². The number of likely N-dealkylation sites (tertiary alicyclic amines) is 1. The average Bonchev–Trinajstić information content (AvgIpc) is 2.95.